The summed E-state index contributed by atoms with van der Waals surface area (Å²) < 4.78 is 1.52. The number of aromatic hydroxyl groups is 1. The fourth-order valence-electron chi connectivity index (χ4n) is 3.89. The van der Waals surface area contributed by atoms with Crippen LogP contribution in [0.1, 0.15) is 46.5 Å². The first-order chi connectivity index (χ1) is 12.0. The minimum Gasteiger partial charge on any atom is -0.503 e. The Morgan fingerprint density at radius 3 is 2.64 bits per heavy atom. The summed E-state index contributed by atoms with van der Waals surface area (Å²) in [5, 5.41) is 10.2. The second-order valence-corrected chi connectivity index (χ2v) is 7.21. The number of hydrogen-bond donors (Lipinski definition) is 2. The van der Waals surface area contributed by atoms with E-state index < -0.39 is 17.1 Å². The van der Waals surface area contributed by atoms with Crippen molar-refractivity contribution in [2.24, 2.45) is 11.7 Å². The standard InChI is InChI=1S/C17H22N4O4/c18-16(24)11-8-20-9-12-19(7-10-3-4-10)5-1-2-6-21(12)17(25)13(20)15(23)14(11)22/h8,10,12,23H,1-7,9H2,(H2,18,24). The lowest BCUT2D eigenvalue weighted by Gasteiger charge is -2.42. The molecule has 25 heavy (non-hydrogen) atoms. The molecule has 2 amide bonds. The molecule has 8 nitrogen and oxygen atoms in total. The molecule has 1 aromatic heterocycles. The minimum atomic E-state index is -0.902. The average molecular weight is 346 g/mol. The molecule has 2 fully saturated rings. The van der Waals surface area contributed by atoms with E-state index in [2.05, 4.69) is 4.90 Å². The maximum Gasteiger partial charge on any atom is 0.275 e. The molecule has 3 heterocycles. The molecule has 1 saturated carbocycles. The number of fused-ring (bicyclic) bond motifs is 2. The molecule has 2 aliphatic heterocycles. The van der Waals surface area contributed by atoms with Gasteiger partial charge in [-0.3, -0.25) is 19.3 Å². The number of carbonyl (C=O) groups excluding carboxylic acids is 2. The molecule has 1 aromatic rings. The Morgan fingerprint density at radius 2 is 1.96 bits per heavy atom. The van der Waals surface area contributed by atoms with E-state index in [1.165, 1.54) is 23.6 Å². The van der Waals surface area contributed by atoms with Gasteiger partial charge in [0.25, 0.3) is 11.8 Å². The summed E-state index contributed by atoms with van der Waals surface area (Å²) >= 11 is 0. The van der Waals surface area contributed by atoms with Crippen molar-refractivity contribution in [3.63, 3.8) is 0 Å². The predicted octanol–water partition coefficient (Wildman–Crippen LogP) is -0.0595. The third-order valence-corrected chi connectivity index (χ3v) is 5.41. The Bertz CT molecular complexity index is 799. The molecule has 3 N–H and O–H groups in total. The highest BCUT2D eigenvalue weighted by molar-refractivity contribution is 5.98. The van der Waals surface area contributed by atoms with Crippen molar-refractivity contribution in [2.75, 3.05) is 19.6 Å². The lowest BCUT2D eigenvalue weighted by atomic mass is 10.1. The van der Waals surface area contributed by atoms with Crippen LogP contribution in [0.5, 0.6) is 5.75 Å². The molecule has 0 bridgehead atoms. The van der Waals surface area contributed by atoms with Crippen LogP contribution in [0.3, 0.4) is 0 Å². The third-order valence-electron chi connectivity index (χ3n) is 5.41. The maximum absolute atomic E-state index is 13.0. The van der Waals surface area contributed by atoms with Gasteiger partial charge in [-0.1, -0.05) is 0 Å². The molecule has 134 valence electrons. The Labute approximate surface area is 144 Å². The van der Waals surface area contributed by atoms with Gasteiger partial charge in [0.05, 0.1) is 6.54 Å². The number of nitrogens with zero attached hydrogens (tertiary/aromatic N) is 3. The van der Waals surface area contributed by atoms with Crippen LogP contribution in [0.15, 0.2) is 11.0 Å². The molecule has 1 unspecified atom stereocenters. The molecule has 0 spiro atoms. The highest BCUT2D eigenvalue weighted by atomic mass is 16.3. The molecule has 3 aliphatic rings. The smallest absolute Gasteiger partial charge is 0.275 e. The molecule has 0 radical (unpaired) electrons. The van der Waals surface area contributed by atoms with E-state index in [0.717, 1.165) is 25.9 Å². The largest absolute Gasteiger partial charge is 0.503 e. The fraction of sp³-hybridized carbons (Fsp3) is 0.588. The van der Waals surface area contributed by atoms with Crippen LogP contribution in [0.2, 0.25) is 0 Å². The van der Waals surface area contributed by atoms with E-state index >= 15 is 0 Å². The van der Waals surface area contributed by atoms with Crippen LogP contribution < -0.4 is 11.2 Å². The lowest BCUT2D eigenvalue weighted by molar-refractivity contribution is 0.0205. The molecular formula is C17H22N4O4. The van der Waals surface area contributed by atoms with Crippen LogP contribution in [-0.2, 0) is 6.54 Å². The first-order valence-electron chi connectivity index (χ1n) is 8.78. The minimum absolute atomic E-state index is 0.0421. The van der Waals surface area contributed by atoms with Gasteiger partial charge in [0.1, 0.15) is 11.7 Å². The zero-order valence-electron chi connectivity index (χ0n) is 14.0. The number of carbonyl (C=O) groups is 2. The number of primary amides is 1. The van der Waals surface area contributed by atoms with Gasteiger partial charge in [-0.05, 0) is 31.6 Å². The highest BCUT2D eigenvalue weighted by Gasteiger charge is 2.40. The summed E-state index contributed by atoms with van der Waals surface area (Å²) in [6.07, 6.45) is 5.56. The van der Waals surface area contributed by atoms with E-state index in [0.29, 0.717) is 19.0 Å². The Hall–Kier alpha value is -2.35. The van der Waals surface area contributed by atoms with Crippen LogP contribution in [-0.4, -0.2) is 57.1 Å². The van der Waals surface area contributed by atoms with Crippen molar-refractivity contribution < 1.29 is 14.7 Å². The Kier molecular flexibility index (Phi) is 3.79. The van der Waals surface area contributed by atoms with Crippen molar-refractivity contribution in [2.45, 2.75) is 38.4 Å². The third kappa shape index (κ3) is 2.70. The summed E-state index contributed by atoms with van der Waals surface area (Å²) in [5.74, 6) is -1.25. The quantitative estimate of drug-likeness (QED) is 0.797. The van der Waals surface area contributed by atoms with E-state index in [9.17, 15) is 19.5 Å². The number of aromatic nitrogens is 1. The SMILES string of the molecule is NC(=O)c1cn2c(c(O)c1=O)C(=O)N1CCCCN(CC3CC3)C1C2. The number of rotatable bonds is 3. The Balaban J connectivity index is 1.77. The van der Waals surface area contributed by atoms with E-state index in [1.807, 2.05) is 0 Å². The van der Waals surface area contributed by atoms with Crippen molar-refractivity contribution in [3.05, 3.63) is 27.7 Å². The Morgan fingerprint density at radius 1 is 1.24 bits per heavy atom. The van der Waals surface area contributed by atoms with Crippen LogP contribution in [0.4, 0.5) is 0 Å². The molecule has 4 rings (SSSR count). The molecule has 1 saturated heterocycles. The second kappa shape index (κ2) is 5.87. The number of nitrogens with two attached hydrogens (primary N) is 1. The molecule has 1 aliphatic carbocycles. The summed E-state index contributed by atoms with van der Waals surface area (Å²) in [6.45, 7) is 2.91. The van der Waals surface area contributed by atoms with Crippen molar-refractivity contribution in [3.8, 4) is 5.75 Å². The maximum atomic E-state index is 13.0. The number of pyridine rings is 1. The van der Waals surface area contributed by atoms with Gasteiger partial charge in [-0.25, -0.2) is 0 Å². The van der Waals surface area contributed by atoms with Crippen molar-refractivity contribution >= 4 is 11.8 Å². The van der Waals surface area contributed by atoms with Crippen LogP contribution in [0.25, 0.3) is 0 Å². The van der Waals surface area contributed by atoms with Gasteiger partial charge >= 0.3 is 0 Å². The first-order valence-corrected chi connectivity index (χ1v) is 8.78. The van der Waals surface area contributed by atoms with E-state index in [1.54, 1.807) is 4.90 Å². The van der Waals surface area contributed by atoms with Gasteiger partial charge in [0.15, 0.2) is 11.4 Å². The van der Waals surface area contributed by atoms with Gasteiger partial charge < -0.3 is 20.3 Å². The normalized spacial score (nSPS) is 23.8. The van der Waals surface area contributed by atoms with Crippen LogP contribution in [0, 0.1) is 5.92 Å². The summed E-state index contributed by atoms with van der Waals surface area (Å²) in [5.41, 5.74) is 4.03. The van der Waals surface area contributed by atoms with E-state index in [-0.39, 0.29) is 23.3 Å². The lowest BCUT2D eigenvalue weighted by Crippen LogP contribution is -2.56. The number of hydrogen-bond acceptors (Lipinski definition) is 5. The summed E-state index contributed by atoms with van der Waals surface area (Å²) in [4.78, 5) is 40.7. The average Bonchev–Trinajstić information content (AvgIpc) is 3.39. The van der Waals surface area contributed by atoms with Gasteiger partial charge in [-0.15, -0.1) is 0 Å². The summed E-state index contributed by atoms with van der Waals surface area (Å²) in [7, 11) is 0. The second-order valence-electron chi connectivity index (χ2n) is 7.21. The van der Waals surface area contributed by atoms with E-state index in [4.69, 9.17) is 5.73 Å². The molecule has 0 aromatic carbocycles. The van der Waals surface area contributed by atoms with Gasteiger partial charge in [0.2, 0.25) is 5.43 Å². The van der Waals surface area contributed by atoms with Crippen molar-refractivity contribution in [1.82, 2.24) is 14.4 Å². The zero-order chi connectivity index (χ0) is 17.7. The monoisotopic (exact) mass is 346 g/mol. The fourth-order valence-corrected chi connectivity index (χ4v) is 3.89. The predicted molar refractivity (Wildman–Crippen MR) is 89.2 cm³/mol. The molecular weight excluding hydrogens is 324 g/mol. The summed E-state index contributed by atoms with van der Waals surface area (Å²) in [6, 6.07) is 0. The van der Waals surface area contributed by atoms with Gasteiger partial charge in [0, 0.05) is 25.8 Å². The zero-order valence-corrected chi connectivity index (χ0v) is 14.0. The topological polar surface area (TPSA) is 109 Å². The number of amides is 2. The van der Waals surface area contributed by atoms with Gasteiger partial charge in [-0.2, -0.15) is 0 Å². The first kappa shape index (κ1) is 16.1. The van der Waals surface area contributed by atoms with Crippen molar-refractivity contribution in [1.29, 1.82) is 0 Å². The molecule has 8 heteroatoms. The van der Waals surface area contributed by atoms with Crippen LogP contribution >= 0.6 is 0 Å². The molecule has 1 atom stereocenters. The highest BCUT2D eigenvalue weighted by Crippen LogP contribution is 2.33.